The first-order chi connectivity index (χ1) is 9.62. The third-order valence-electron chi connectivity index (χ3n) is 4.68. The predicted octanol–water partition coefficient (Wildman–Crippen LogP) is 1.67. The topological polar surface area (TPSA) is 78.4 Å². The summed E-state index contributed by atoms with van der Waals surface area (Å²) in [5, 5.41) is 15.7. The Morgan fingerprint density at radius 1 is 1.10 bits per heavy atom. The van der Waals surface area contributed by atoms with Gasteiger partial charge in [0.1, 0.15) is 5.54 Å². The summed E-state index contributed by atoms with van der Waals surface area (Å²) in [6, 6.07) is 0. The molecule has 114 valence electrons. The predicted molar refractivity (Wildman–Crippen MR) is 76.4 cm³/mol. The van der Waals surface area contributed by atoms with Gasteiger partial charge in [-0.1, -0.05) is 25.7 Å². The zero-order valence-electron chi connectivity index (χ0n) is 12.1. The molecule has 3 N–H and O–H groups in total. The molecule has 0 aromatic carbocycles. The van der Waals surface area contributed by atoms with Gasteiger partial charge in [-0.25, -0.2) is 4.79 Å². The van der Waals surface area contributed by atoms with Crippen molar-refractivity contribution >= 4 is 11.9 Å². The van der Waals surface area contributed by atoms with Crippen molar-refractivity contribution in [2.75, 3.05) is 13.1 Å². The molecule has 0 radical (unpaired) electrons. The molecule has 0 aromatic heterocycles. The van der Waals surface area contributed by atoms with Crippen molar-refractivity contribution in [2.45, 2.75) is 63.3 Å². The van der Waals surface area contributed by atoms with Gasteiger partial charge in [0.05, 0.1) is 0 Å². The molecule has 2 rings (SSSR count). The lowest BCUT2D eigenvalue weighted by atomic mass is 9.88. The summed E-state index contributed by atoms with van der Waals surface area (Å²) in [5.74, 6) is -0.549. The zero-order valence-corrected chi connectivity index (χ0v) is 12.1. The van der Waals surface area contributed by atoms with Gasteiger partial charge in [0, 0.05) is 6.42 Å². The van der Waals surface area contributed by atoms with Gasteiger partial charge < -0.3 is 15.7 Å². The van der Waals surface area contributed by atoms with Gasteiger partial charge in [-0.05, 0) is 44.7 Å². The van der Waals surface area contributed by atoms with Gasteiger partial charge in [0.15, 0.2) is 0 Å². The SMILES string of the molecule is O=C(CC1CCNCC1)NC1(C(=O)O)CCCCCC1. The quantitative estimate of drug-likeness (QED) is 0.685. The Hall–Kier alpha value is -1.10. The lowest BCUT2D eigenvalue weighted by Crippen LogP contribution is -2.54. The molecule has 1 amide bonds. The summed E-state index contributed by atoms with van der Waals surface area (Å²) in [4.78, 5) is 23.8. The summed E-state index contributed by atoms with van der Waals surface area (Å²) in [6.07, 6.45) is 7.54. The molecule has 1 saturated carbocycles. The van der Waals surface area contributed by atoms with Crippen LogP contribution in [0.2, 0.25) is 0 Å². The number of hydrogen-bond acceptors (Lipinski definition) is 3. The minimum absolute atomic E-state index is 0.0822. The minimum Gasteiger partial charge on any atom is -0.480 e. The van der Waals surface area contributed by atoms with Gasteiger partial charge in [-0.15, -0.1) is 0 Å². The van der Waals surface area contributed by atoms with Crippen molar-refractivity contribution in [2.24, 2.45) is 5.92 Å². The Bertz CT molecular complexity index is 343. The van der Waals surface area contributed by atoms with Crippen LogP contribution in [0.15, 0.2) is 0 Å². The molecule has 1 heterocycles. The van der Waals surface area contributed by atoms with Gasteiger partial charge in [0.2, 0.25) is 5.91 Å². The number of carbonyl (C=O) groups excluding carboxylic acids is 1. The first kappa shape index (κ1) is 15.3. The molecule has 0 bridgehead atoms. The summed E-state index contributed by atoms with van der Waals surface area (Å²) >= 11 is 0. The first-order valence-electron chi connectivity index (χ1n) is 7.87. The van der Waals surface area contributed by atoms with E-state index in [0.717, 1.165) is 51.6 Å². The maximum absolute atomic E-state index is 12.2. The van der Waals surface area contributed by atoms with Crippen molar-refractivity contribution in [3.63, 3.8) is 0 Å². The molecule has 1 aliphatic carbocycles. The molecule has 2 fully saturated rings. The Morgan fingerprint density at radius 2 is 1.70 bits per heavy atom. The summed E-state index contributed by atoms with van der Waals surface area (Å²) in [5.41, 5.74) is -1.01. The number of nitrogens with one attached hydrogen (secondary N) is 2. The third-order valence-corrected chi connectivity index (χ3v) is 4.68. The van der Waals surface area contributed by atoms with E-state index in [1.54, 1.807) is 0 Å². The molecule has 0 spiro atoms. The van der Waals surface area contributed by atoms with Crippen LogP contribution in [0.5, 0.6) is 0 Å². The number of carboxylic acids is 1. The van der Waals surface area contributed by atoms with Crippen LogP contribution in [0.3, 0.4) is 0 Å². The standard InChI is InChI=1S/C15H26N2O3/c18-13(11-12-5-9-16-10-6-12)17-15(14(19)20)7-3-1-2-4-8-15/h12,16H,1-11H2,(H,17,18)(H,19,20). The van der Waals surface area contributed by atoms with Crippen LogP contribution in [0.1, 0.15) is 57.8 Å². The number of hydrogen-bond donors (Lipinski definition) is 3. The van der Waals surface area contributed by atoms with E-state index < -0.39 is 11.5 Å². The van der Waals surface area contributed by atoms with Crippen LogP contribution in [0.4, 0.5) is 0 Å². The molecule has 0 atom stereocenters. The maximum Gasteiger partial charge on any atom is 0.329 e. The van der Waals surface area contributed by atoms with Crippen LogP contribution in [0, 0.1) is 5.92 Å². The van der Waals surface area contributed by atoms with Gasteiger partial charge in [0.25, 0.3) is 0 Å². The normalized spacial score (nSPS) is 23.8. The molecule has 5 nitrogen and oxygen atoms in total. The number of rotatable bonds is 4. The van der Waals surface area contributed by atoms with E-state index in [4.69, 9.17) is 0 Å². The lowest BCUT2D eigenvalue weighted by molar-refractivity contribution is -0.148. The van der Waals surface area contributed by atoms with E-state index in [0.29, 0.717) is 25.2 Å². The fourth-order valence-electron chi connectivity index (χ4n) is 3.39. The molecule has 20 heavy (non-hydrogen) atoms. The molecule has 0 aromatic rings. The highest BCUT2D eigenvalue weighted by Gasteiger charge is 2.40. The van der Waals surface area contributed by atoms with Crippen LogP contribution < -0.4 is 10.6 Å². The fraction of sp³-hybridized carbons (Fsp3) is 0.867. The van der Waals surface area contributed by atoms with E-state index in [2.05, 4.69) is 10.6 Å². The molecule has 2 aliphatic rings. The van der Waals surface area contributed by atoms with Crippen molar-refractivity contribution in [1.82, 2.24) is 10.6 Å². The molecule has 1 saturated heterocycles. The highest BCUT2D eigenvalue weighted by Crippen LogP contribution is 2.28. The van der Waals surface area contributed by atoms with E-state index in [9.17, 15) is 14.7 Å². The second kappa shape index (κ2) is 7.07. The van der Waals surface area contributed by atoms with E-state index >= 15 is 0 Å². The molecular formula is C15H26N2O3. The van der Waals surface area contributed by atoms with Crippen molar-refractivity contribution < 1.29 is 14.7 Å². The van der Waals surface area contributed by atoms with E-state index in [1.165, 1.54) is 0 Å². The fourth-order valence-corrected chi connectivity index (χ4v) is 3.39. The number of amides is 1. The Labute approximate surface area is 120 Å². The first-order valence-corrected chi connectivity index (χ1v) is 7.87. The highest BCUT2D eigenvalue weighted by atomic mass is 16.4. The number of carboxylic acid groups (broad SMARTS) is 1. The second-order valence-electron chi connectivity index (χ2n) is 6.25. The number of carbonyl (C=O) groups is 2. The third kappa shape index (κ3) is 3.95. The van der Waals surface area contributed by atoms with Crippen LogP contribution in [0.25, 0.3) is 0 Å². The van der Waals surface area contributed by atoms with Gasteiger partial charge in [-0.3, -0.25) is 4.79 Å². The van der Waals surface area contributed by atoms with Crippen LogP contribution in [-0.2, 0) is 9.59 Å². The maximum atomic E-state index is 12.2. The largest absolute Gasteiger partial charge is 0.480 e. The van der Waals surface area contributed by atoms with Gasteiger partial charge >= 0.3 is 5.97 Å². The Morgan fingerprint density at radius 3 is 2.25 bits per heavy atom. The van der Waals surface area contributed by atoms with Gasteiger partial charge in [-0.2, -0.15) is 0 Å². The van der Waals surface area contributed by atoms with Crippen molar-refractivity contribution in [3.8, 4) is 0 Å². The van der Waals surface area contributed by atoms with Crippen molar-refractivity contribution in [1.29, 1.82) is 0 Å². The Kier molecular flexibility index (Phi) is 5.40. The monoisotopic (exact) mass is 282 g/mol. The van der Waals surface area contributed by atoms with E-state index in [-0.39, 0.29) is 5.91 Å². The highest BCUT2D eigenvalue weighted by molar-refractivity contribution is 5.87. The summed E-state index contributed by atoms with van der Waals surface area (Å²) in [6.45, 7) is 1.92. The zero-order chi connectivity index (χ0) is 14.4. The van der Waals surface area contributed by atoms with Crippen LogP contribution >= 0.6 is 0 Å². The minimum atomic E-state index is -1.01. The average molecular weight is 282 g/mol. The molecular weight excluding hydrogens is 256 g/mol. The van der Waals surface area contributed by atoms with E-state index in [1.807, 2.05) is 0 Å². The average Bonchev–Trinajstić information content (AvgIpc) is 2.66. The summed E-state index contributed by atoms with van der Waals surface area (Å²) < 4.78 is 0. The van der Waals surface area contributed by atoms with Crippen molar-refractivity contribution in [3.05, 3.63) is 0 Å². The van der Waals surface area contributed by atoms with Crippen LogP contribution in [-0.4, -0.2) is 35.6 Å². The Balaban J connectivity index is 1.92. The molecule has 5 heteroatoms. The smallest absolute Gasteiger partial charge is 0.329 e. The molecule has 0 unspecified atom stereocenters. The summed E-state index contributed by atoms with van der Waals surface area (Å²) in [7, 11) is 0. The second-order valence-corrected chi connectivity index (χ2v) is 6.25. The lowest BCUT2D eigenvalue weighted by Gasteiger charge is -2.30. The molecule has 1 aliphatic heterocycles. The number of piperidine rings is 1. The number of aliphatic carboxylic acids is 1.